The van der Waals surface area contributed by atoms with Crippen molar-refractivity contribution < 1.29 is 13.2 Å². The predicted octanol–water partition coefficient (Wildman–Crippen LogP) is 1.80. The van der Waals surface area contributed by atoms with Crippen molar-refractivity contribution in [1.82, 2.24) is 9.80 Å². The van der Waals surface area contributed by atoms with Gasteiger partial charge in [0.2, 0.25) is 0 Å². The van der Waals surface area contributed by atoms with Crippen LogP contribution in [0.15, 0.2) is 0 Å². The van der Waals surface area contributed by atoms with E-state index in [9.17, 15) is 13.2 Å². The molecule has 1 aliphatic rings. The monoisotopic (exact) mass is 237 g/mol. The van der Waals surface area contributed by atoms with Crippen molar-refractivity contribution in [1.29, 1.82) is 5.41 Å². The van der Waals surface area contributed by atoms with E-state index in [0.717, 1.165) is 0 Å². The van der Waals surface area contributed by atoms with Gasteiger partial charge >= 0.3 is 6.18 Å². The maximum absolute atomic E-state index is 12.1. The van der Waals surface area contributed by atoms with E-state index in [-0.39, 0.29) is 5.92 Å². The van der Waals surface area contributed by atoms with E-state index >= 15 is 0 Å². The number of piperazine rings is 1. The third-order valence-corrected chi connectivity index (χ3v) is 2.66. The Morgan fingerprint density at radius 1 is 1.19 bits per heavy atom. The highest BCUT2D eigenvalue weighted by atomic mass is 19.4. The summed E-state index contributed by atoms with van der Waals surface area (Å²) in [4.78, 5) is 3.25. The molecule has 0 unspecified atom stereocenters. The Hall–Kier alpha value is -0.780. The largest absolute Gasteiger partial charge is 0.401 e. The second-order valence-electron chi connectivity index (χ2n) is 4.42. The van der Waals surface area contributed by atoms with Crippen molar-refractivity contribution in [2.75, 3.05) is 32.7 Å². The molecule has 0 atom stereocenters. The molecule has 6 heteroatoms. The van der Waals surface area contributed by atoms with E-state index in [1.165, 1.54) is 4.90 Å². The second kappa shape index (κ2) is 5.03. The third-order valence-electron chi connectivity index (χ3n) is 2.66. The van der Waals surface area contributed by atoms with Crippen LogP contribution in [0, 0.1) is 11.3 Å². The summed E-state index contributed by atoms with van der Waals surface area (Å²) >= 11 is 0. The van der Waals surface area contributed by atoms with Crippen LogP contribution >= 0.6 is 0 Å². The first-order chi connectivity index (χ1) is 7.29. The summed E-state index contributed by atoms with van der Waals surface area (Å²) in [5, 5.41) is 7.77. The zero-order chi connectivity index (χ0) is 12.3. The number of nitrogens with one attached hydrogen (secondary N) is 1. The topological polar surface area (TPSA) is 30.3 Å². The Bertz CT molecular complexity index is 242. The number of hydrogen-bond donors (Lipinski definition) is 1. The lowest BCUT2D eigenvalue weighted by atomic mass is 10.1. The van der Waals surface area contributed by atoms with Gasteiger partial charge in [0.15, 0.2) is 0 Å². The third kappa shape index (κ3) is 4.00. The van der Waals surface area contributed by atoms with Gasteiger partial charge in [0.05, 0.1) is 12.4 Å². The van der Waals surface area contributed by atoms with Crippen molar-refractivity contribution in [3.8, 4) is 0 Å². The van der Waals surface area contributed by atoms with E-state index in [1.807, 2.05) is 18.7 Å². The second-order valence-corrected chi connectivity index (χ2v) is 4.42. The maximum atomic E-state index is 12.1. The molecule has 0 aromatic carbocycles. The molecule has 3 nitrogen and oxygen atoms in total. The number of hydrogen-bond acceptors (Lipinski definition) is 2. The van der Waals surface area contributed by atoms with Gasteiger partial charge in [-0.3, -0.25) is 10.3 Å². The molecule has 94 valence electrons. The van der Waals surface area contributed by atoms with Crippen LogP contribution in [0.1, 0.15) is 13.8 Å². The van der Waals surface area contributed by atoms with Gasteiger partial charge in [-0.2, -0.15) is 13.2 Å². The number of nitrogens with zero attached hydrogens (tertiary/aromatic N) is 2. The lowest BCUT2D eigenvalue weighted by molar-refractivity contribution is -0.148. The van der Waals surface area contributed by atoms with E-state index in [2.05, 4.69) is 0 Å². The molecule has 1 heterocycles. The van der Waals surface area contributed by atoms with Gasteiger partial charge < -0.3 is 4.90 Å². The zero-order valence-electron chi connectivity index (χ0n) is 9.64. The number of alkyl halides is 3. The molecule has 1 N–H and O–H groups in total. The SMILES string of the molecule is CC(C)C(=N)N1CCN(CC(F)(F)F)CC1. The maximum Gasteiger partial charge on any atom is 0.401 e. The van der Waals surface area contributed by atoms with E-state index in [0.29, 0.717) is 32.0 Å². The first kappa shape index (κ1) is 13.3. The van der Waals surface area contributed by atoms with Crippen molar-refractivity contribution in [2.45, 2.75) is 20.0 Å². The first-order valence-corrected chi connectivity index (χ1v) is 5.42. The smallest absolute Gasteiger partial charge is 0.358 e. The minimum atomic E-state index is -4.12. The van der Waals surface area contributed by atoms with Gasteiger partial charge in [-0.05, 0) is 0 Å². The summed E-state index contributed by atoms with van der Waals surface area (Å²) in [5.74, 6) is 0.654. The Balaban J connectivity index is 2.37. The summed E-state index contributed by atoms with van der Waals surface area (Å²) in [7, 11) is 0. The first-order valence-electron chi connectivity index (χ1n) is 5.42. The predicted molar refractivity (Wildman–Crippen MR) is 56.6 cm³/mol. The molecule has 1 saturated heterocycles. The molecular weight excluding hydrogens is 219 g/mol. The summed E-state index contributed by atoms with van der Waals surface area (Å²) in [5.41, 5.74) is 0. The number of rotatable bonds is 2. The number of halogens is 3. The molecule has 1 aliphatic heterocycles. The Labute approximate surface area is 93.7 Å². The molecule has 0 aromatic heterocycles. The fraction of sp³-hybridized carbons (Fsp3) is 0.900. The van der Waals surface area contributed by atoms with Crippen LogP contribution in [0.2, 0.25) is 0 Å². The fourth-order valence-electron chi connectivity index (χ4n) is 1.77. The lowest BCUT2D eigenvalue weighted by Gasteiger charge is -2.37. The highest BCUT2D eigenvalue weighted by molar-refractivity contribution is 5.81. The van der Waals surface area contributed by atoms with Gasteiger partial charge in [0.1, 0.15) is 0 Å². The summed E-state index contributed by atoms with van der Waals surface area (Å²) in [6.45, 7) is 4.81. The van der Waals surface area contributed by atoms with Crippen molar-refractivity contribution in [3.63, 3.8) is 0 Å². The van der Waals surface area contributed by atoms with Gasteiger partial charge in [0, 0.05) is 32.1 Å². The minimum Gasteiger partial charge on any atom is -0.358 e. The molecule has 0 bridgehead atoms. The molecule has 1 rings (SSSR count). The normalized spacial score (nSPS) is 19.2. The van der Waals surface area contributed by atoms with Crippen molar-refractivity contribution >= 4 is 5.84 Å². The zero-order valence-corrected chi connectivity index (χ0v) is 9.64. The highest BCUT2D eigenvalue weighted by Crippen LogP contribution is 2.17. The van der Waals surface area contributed by atoms with Gasteiger partial charge in [-0.15, -0.1) is 0 Å². The average Bonchev–Trinajstić information content (AvgIpc) is 2.15. The molecule has 0 radical (unpaired) electrons. The van der Waals surface area contributed by atoms with Crippen molar-refractivity contribution in [2.24, 2.45) is 5.92 Å². The van der Waals surface area contributed by atoms with Crippen LogP contribution in [0.3, 0.4) is 0 Å². The lowest BCUT2D eigenvalue weighted by Crippen LogP contribution is -2.51. The van der Waals surface area contributed by atoms with Crippen LogP contribution in [0.5, 0.6) is 0 Å². The summed E-state index contributed by atoms with van der Waals surface area (Å²) in [6, 6.07) is 0. The van der Waals surface area contributed by atoms with Gasteiger partial charge in [-0.25, -0.2) is 0 Å². The molecular formula is C10H18F3N3. The van der Waals surface area contributed by atoms with Gasteiger partial charge in [-0.1, -0.05) is 13.8 Å². The van der Waals surface area contributed by atoms with Crippen LogP contribution in [-0.4, -0.2) is 54.5 Å². The van der Waals surface area contributed by atoms with Crippen molar-refractivity contribution in [3.05, 3.63) is 0 Å². The fourth-order valence-corrected chi connectivity index (χ4v) is 1.77. The molecule has 16 heavy (non-hydrogen) atoms. The highest BCUT2D eigenvalue weighted by Gasteiger charge is 2.32. The Morgan fingerprint density at radius 2 is 1.69 bits per heavy atom. The van der Waals surface area contributed by atoms with E-state index in [1.54, 1.807) is 0 Å². The Kier molecular flexibility index (Phi) is 4.18. The molecule has 1 fully saturated rings. The molecule has 0 spiro atoms. The minimum absolute atomic E-state index is 0.133. The molecule has 0 saturated carbocycles. The van der Waals surface area contributed by atoms with Crippen LogP contribution in [0.4, 0.5) is 13.2 Å². The Morgan fingerprint density at radius 3 is 2.06 bits per heavy atom. The van der Waals surface area contributed by atoms with E-state index < -0.39 is 12.7 Å². The van der Waals surface area contributed by atoms with Crippen LogP contribution in [-0.2, 0) is 0 Å². The van der Waals surface area contributed by atoms with Crippen LogP contribution in [0.25, 0.3) is 0 Å². The summed E-state index contributed by atoms with van der Waals surface area (Å²) < 4.78 is 36.4. The quantitative estimate of drug-likeness (QED) is 0.586. The molecule has 0 amide bonds. The standard InChI is InChI=1S/C10H18F3N3/c1-8(2)9(14)16-5-3-15(4-6-16)7-10(11,12)13/h8,14H,3-7H2,1-2H3. The van der Waals surface area contributed by atoms with Gasteiger partial charge in [0.25, 0.3) is 0 Å². The summed E-state index contributed by atoms with van der Waals surface area (Å²) in [6.07, 6.45) is -4.12. The molecule has 0 aromatic rings. The van der Waals surface area contributed by atoms with E-state index in [4.69, 9.17) is 5.41 Å². The average molecular weight is 237 g/mol. The molecule has 0 aliphatic carbocycles. The number of amidine groups is 1. The van der Waals surface area contributed by atoms with Crippen LogP contribution < -0.4 is 0 Å².